The second kappa shape index (κ2) is 5.41. The maximum Gasteiger partial charge on any atom is 0.0718 e. The van der Waals surface area contributed by atoms with Crippen molar-refractivity contribution in [1.82, 2.24) is 4.90 Å². The molecule has 0 saturated heterocycles. The van der Waals surface area contributed by atoms with Gasteiger partial charge in [0.1, 0.15) is 0 Å². The first-order chi connectivity index (χ1) is 8.44. The summed E-state index contributed by atoms with van der Waals surface area (Å²) in [6.45, 7) is 5.44. The summed E-state index contributed by atoms with van der Waals surface area (Å²) < 4.78 is 0. The van der Waals surface area contributed by atoms with Crippen molar-refractivity contribution in [3.8, 4) is 0 Å². The second-order valence-electron chi connectivity index (χ2n) is 6.26. The van der Waals surface area contributed by atoms with Gasteiger partial charge in [-0.2, -0.15) is 0 Å². The summed E-state index contributed by atoms with van der Waals surface area (Å²) in [7, 11) is 2.07. The average Bonchev–Trinajstić information content (AvgIpc) is 2.71. The van der Waals surface area contributed by atoms with Gasteiger partial charge in [0.15, 0.2) is 0 Å². The summed E-state index contributed by atoms with van der Waals surface area (Å²) in [5.74, 6) is 0. The Hall–Kier alpha value is -0.860. The van der Waals surface area contributed by atoms with E-state index in [1.165, 1.54) is 24.8 Å². The molecular formula is C16H25NO. The molecule has 1 aliphatic rings. The summed E-state index contributed by atoms with van der Waals surface area (Å²) in [5.41, 5.74) is 3.92. The predicted molar refractivity (Wildman–Crippen MR) is 76.0 cm³/mol. The molecule has 0 amide bonds. The highest BCUT2D eigenvalue weighted by Crippen LogP contribution is 2.23. The number of likely N-dealkylation sites (N-methyl/N-ethyl adjacent to an activating group) is 1. The minimum Gasteiger partial charge on any atom is -0.389 e. The minimum atomic E-state index is -0.604. The number of benzene rings is 1. The molecule has 2 heteroatoms. The molecule has 0 radical (unpaired) electrons. The fourth-order valence-electron chi connectivity index (χ4n) is 2.84. The lowest BCUT2D eigenvalue weighted by Crippen LogP contribution is -2.37. The van der Waals surface area contributed by atoms with E-state index in [4.69, 9.17) is 0 Å². The molecule has 1 aromatic rings. The van der Waals surface area contributed by atoms with Crippen molar-refractivity contribution in [2.75, 3.05) is 20.1 Å². The third kappa shape index (κ3) is 3.82. The summed E-state index contributed by atoms with van der Waals surface area (Å²) >= 11 is 0. The standard InChI is InChI=1S/C16H25NO/c1-16(2,18)12-17(3)10-9-13-7-8-14-5-4-6-15(14)11-13/h7-8,11,18H,4-6,9-10,12H2,1-3H3. The normalized spacial score (nSPS) is 15.2. The zero-order chi connectivity index (χ0) is 13.2. The molecule has 0 bridgehead atoms. The van der Waals surface area contributed by atoms with Gasteiger partial charge in [-0.3, -0.25) is 0 Å². The fraction of sp³-hybridized carbons (Fsp3) is 0.625. The highest BCUT2D eigenvalue weighted by atomic mass is 16.3. The third-order valence-corrected chi connectivity index (χ3v) is 3.60. The Balaban J connectivity index is 1.87. The molecule has 0 atom stereocenters. The molecule has 100 valence electrons. The number of hydrogen-bond acceptors (Lipinski definition) is 2. The molecule has 1 N–H and O–H groups in total. The first-order valence-electron chi connectivity index (χ1n) is 6.96. The maximum atomic E-state index is 9.77. The van der Waals surface area contributed by atoms with Gasteiger partial charge in [-0.1, -0.05) is 18.2 Å². The van der Waals surface area contributed by atoms with Crippen LogP contribution in [0.2, 0.25) is 0 Å². The van der Waals surface area contributed by atoms with E-state index >= 15 is 0 Å². The number of rotatable bonds is 5. The first kappa shape index (κ1) is 13.6. The molecule has 2 nitrogen and oxygen atoms in total. The number of aliphatic hydroxyl groups is 1. The Morgan fingerprint density at radius 1 is 1.22 bits per heavy atom. The van der Waals surface area contributed by atoms with E-state index in [2.05, 4.69) is 30.1 Å². The monoisotopic (exact) mass is 247 g/mol. The summed E-state index contributed by atoms with van der Waals surface area (Å²) in [6.07, 6.45) is 4.90. The van der Waals surface area contributed by atoms with E-state index in [9.17, 15) is 5.11 Å². The molecule has 1 aromatic carbocycles. The van der Waals surface area contributed by atoms with Gasteiger partial charge < -0.3 is 10.0 Å². The lowest BCUT2D eigenvalue weighted by Gasteiger charge is -2.25. The van der Waals surface area contributed by atoms with Crippen LogP contribution in [-0.4, -0.2) is 35.7 Å². The van der Waals surface area contributed by atoms with Crippen LogP contribution in [-0.2, 0) is 19.3 Å². The number of aryl methyl sites for hydroxylation is 2. The van der Waals surface area contributed by atoms with Gasteiger partial charge in [0.05, 0.1) is 5.60 Å². The van der Waals surface area contributed by atoms with Crippen LogP contribution in [0.1, 0.15) is 37.0 Å². The summed E-state index contributed by atoms with van der Waals surface area (Å²) in [5, 5.41) is 9.77. The SMILES string of the molecule is CN(CCc1ccc2c(c1)CCC2)CC(C)(C)O. The maximum absolute atomic E-state index is 9.77. The van der Waals surface area contributed by atoms with E-state index in [0.717, 1.165) is 19.5 Å². The highest BCUT2D eigenvalue weighted by Gasteiger charge is 2.15. The van der Waals surface area contributed by atoms with Gasteiger partial charge in [-0.25, -0.2) is 0 Å². The van der Waals surface area contributed by atoms with E-state index in [1.54, 1.807) is 11.1 Å². The van der Waals surface area contributed by atoms with Gasteiger partial charge in [-0.05, 0) is 63.3 Å². The van der Waals surface area contributed by atoms with E-state index in [0.29, 0.717) is 0 Å². The summed E-state index contributed by atoms with van der Waals surface area (Å²) in [4.78, 5) is 2.20. The van der Waals surface area contributed by atoms with Crippen LogP contribution in [0.25, 0.3) is 0 Å². The smallest absolute Gasteiger partial charge is 0.0718 e. The van der Waals surface area contributed by atoms with Crippen molar-refractivity contribution in [3.05, 3.63) is 34.9 Å². The molecule has 18 heavy (non-hydrogen) atoms. The Morgan fingerprint density at radius 2 is 1.94 bits per heavy atom. The van der Waals surface area contributed by atoms with Gasteiger partial charge in [0.25, 0.3) is 0 Å². The molecular weight excluding hydrogens is 222 g/mol. The van der Waals surface area contributed by atoms with E-state index < -0.39 is 5.60 Å². The van der Waals surface area contributed by atoms with Crippen LogP contribution in [0.15, 0.2) is 18.2 Å². The molecule has 0 unspecified atom stereocenters. The zero-order valence-electron chi connectivity index (χ0n) is 11.9. The minimum absolute atomic E-state index is 0.604. The molecule has 0 fully saturated rings. The molecule has 0 heterocycles. The topological polar surface area (TPSA) is 23.5 Å². The van der Waals surface area contributed by atoms with Gasteiger partial charge in [0, 0.05) is 13.1 Å². The first-order valence-corrected chi connectivity index (χ1v) is 6.96. The molecule has 0 aromatic heterocycles. The Bertz CT molecular complexity index is 406. The molecule has 2 rings (SSSR count). The fourth-order valence-corrected chi connectivity index (χ4v) is 2.84. The van der Waals surface area contributed by atoms with Crippen LogP contribution < -0.4 is 0 Å². The van der Waals surface area contributed by atoms with E-state index in [1.807, 2.05) is 13.8 Å². The second-order valence-corrected chi connectivity index (χ2v) is 6.26. The van der Waals surface area contributed by atoms with Gasteiger partial charge in [-0.15, -0.1) is 0 Å². The number of fused-ring (bicyclic) bond motifs is 1. The zero-order valence-corrected chi connectivity index (χ0v) is 11.9. The Morgan fingerprint density at radius 3 is 2.67 bits per heavy atom. The number of nitrogens with zero attached hydrogens (tertiary/aromatic N) is 1. The summed E-state index contributed by atoms with van der Waals surface area (Å²) in [6, 6.07) is 6.94. The Kier molecular flexibility index (Phi) is 4.08. The van der Waals surface area contributed by atoms with Crippen molar-refractivity contribution < 1.29 is 5.11 Å². The average molecular weight is 247 g/mol. The highest BCUT2D eigenvalue weighted by molar-refractivity contribution is 5.35. The van der Waals surface area contributed by atoms with Crippen LogP contribution >= 0.6 is 0 Å². The van der Waals surface area contributed by atoms with Crippen molar-refractivity contribution in [2.24, 2.45) is 0 Å². The number of hydrogen-bond donors (Lipinski definition) is 1. The quantitative estimate of drug-likeness (QED) is 0.864. The van der Waals surface area contributed by atoms with Crippen LogP contribution in [0.4, 0.5) is 0 Å². The van der Waals surface area contributed by atoms with Crippen molar-refractivity contribution in [2.45, 2.75) is 45.1 Å². The van der Waals surface area contributed by atoms with E-state index in [-0.39, 0.29) is 0 Å². The van der Waals surface area contributed by atoms with Crippen molar-refractivity contribution in [3.63, 3.8) is 0 Å². The lowest BCUT2D eigenvalue weighted by molar-refractivity contribution is 0.0450. The van der Waals surface area contributed by atoms with Crippen LogP contribution in [0, 0.1) is 0 Å². The van der Waals surface area contributed by atoms with Crippen molar-refractivity contribution in [1.29, 1.82) is 0 Å². The van der Waals surface area contributed by atoms with Gasteiger partial charge >= 0.3 is 0 Å². The van der Waals surface area contributed by atoms with Crippen LogP contribution in [0.5, 0.6) is 0 Å². The lowest BCUT2D eigenvalue weighted by atomic mass is 10.0. The third-order valence-electron chi connectivity index (χ3n) is 3.60. The predicted octanol–water partition coefficient (Wildman–Crippen LogP) is 2.42. The van der Waals surface area contributed by atoms with Gasteiger partial charge in [0.2, 0.25) is 0 Å². The molecule has 0 aliphatic heterocycles. The molecule has 0 saturated carbocycles. The largest absolute Gasteiger partial charge is 0.389 e. The van der Waals surface area contributed by atoms with Crippen LogP contribution in [0.3, 0.4) is 0 Å². The molecule has 1 aliphatic carbocycles. The Labute approximate surface area is 111 Å². The molecule has 0 spiro atoms. The van der Waals surface area contributed by atoms with Crippen molar-refractivity contribution >= 4 is 0 Å².